The van der Waals surface area contributed by atoms with E-state index in [2.05, 4.69) is 0 Å². The van der Waals surface area contributed by atoms with Crippen LogP contribution in [0.1, 0.15) is 29.0 Å². The van der Waals surface area contributed by atoms with Crippen molar-refractivity contribution in [2.24, 2.45) is 0 Å². The number of ether oxygens (including phenoxy) is 1. The van der Waals surface area contributed by atoms with E-state index in [1.54, 1.807) is 49.4 Å². The molecule has 0 bridgehead atoms. The zero-order valence-electron chi connectivity index (χ0n) is 12.4. The Hall–Kier alpha value is -2.30. The largest absolute Gasteiger partial charge is 0.444 e. The van der Waals surface area contributed by atoms with Crippen LogP contribution in [0.2, 0.25) is 0 Å². The van der Waals surface area contributed by atoms with Crippen LogP contribution in [0, 0.1) is 6.92 Å². The van der Waals surface area contributed by atoms with E-state index in [4.69, 9.17) is 4.74 Å². The van der Waals surface area contributed by atoms with Crippen molar-refractivity contribution in [3.63, 3.8) is 0 Å². The molecule has 120 valence electrons. The van der Waals surface area contributed by atoms with Gasteiger partial charge in [-0.25, -0.2) is 0 Å². The van der Waals surface area contributed by atoms with E-state index in [9.17, 15) is 18.0 Å². The average molecular weight is 320 g/mol. The molecule has 5 heteroatoms. The smallest absolute Gasteiger partial charge is 0.433 e. The summed E-state index contributed by atoms with van der Waals surface area (Å²) >= 11 is 0. The third-order valence-electron chi connectivity index (χ3n) is 4.24. The molecule has 2 aromatic carbocycles. The highest BCUT2D eigenvalue weighted by molar-refractivity contribution is 5.75. The molecule has 2 aromatic rings. The molecule has 0 radical (unpaired) electrons. The Morgan fingerprint density at radius 2 is 1.65 bits per heavy atom. The zero-order valence-corrected chi connectivity index (χ0v) is 12.4. The second kappa shape index (κ2) is 5.41. The van der Waals surface area contributed by atoms with E-state index in [1.165, 1.54) is 12.1 Å². The van der Waals surface area contributed by atoms with Gasteiger partial charge in [0.2, 0.25) is 5.60 Å². The summed E-state index contributed by atoms with van der Waals surface area (Å²) in [5, 5.41) is 0. The molecule has 2 nitrogen and oxygen atoms in total. The van der Waals surface area contributed by atoms with E-state index in [0.29, 0.717) is 5.56 Å². The van der Waals surface area contributed by atoms with Crippen LogP contribution >= 0.6 is 0 Å². The fourth-order valence-corrected chi connectivity index (χ4v) is 3.12. The number of rotatable bonds is 2. The molecule has 1 aliphatic rings. The standard InChI is InChI=1S/C18H15F3O2/c1-12-7-9-14(10-8-12)17(18(19,20)21)15(11-16(22)23-17)13-5-3-2-4-6-13/h2-10,15H,11H2,1H3. The number of aryl methyl sites for hydroxylation is 1. The van der Waals surface area contributed by atoms with E-state index in [-0.39, 0.29) is 12.0 Å². The number of benzene rings is 2. The third-order valence-corrected chi connectivity index (χ3v) is 4.24. The average Bonchev–Trinajstić information content (AvgIpc) is 2.87. The molecule has 1 aliphatic heterocycles. The summed E-state index contributed by atoms with van der Waals surface area (Å²) in [6.07, 6.45) is -5.01. The summed E-state index contributed by atoms with van der Waals surface area (Å²) in [5.74, 6) is -1.93. The molecular weight excluding hydrogens is 305 g/mol. The van der Waals surface area contributed by atoms with E-state index < -0.39 is 23.7 Å². The lowest BCUT2D eigenvalue weighted by atomic mass is 9.76. The lowest BCUT2D eigenvalue weighted by molar-refractivity contribution is -0.269. The Kier molecular flexibility index (Phi) is 3.66. The minimum absolute atomic E-state index is 0.0460. The Balaban J connectivity index is 2.21. The molecule has 1 heterocycles. The normalized spacial score (nSPS) is 24.5. The van der Waals surface area contributed by atoms with Gasteiger partial charge in [0.15, 0.2) is 0 Å². The van der Waals surface area contributed by atoms with Crippen molar-refractivity contribution in [2.45, 2.75) is 31.0 Å². The first kappa shape index (κ1) is 15.6. The maximum atomic E-state index is 14.0. The predicted molar refractivity (Wildman–Crippen MR) is 78.8 cm³/mol. The fourth-order valence-electron chi connectivity index (χ4n) is 3.12. The van der Waals surface area contributed by atoms with Gasteiger partial charge >= 0.3 is 12.1 Å². The number of cyclic esters (lactones) is 1. The van der Waals surface area contributed by atoms with Crippen molar-refractivity contribution in [2.75, 3.05) is 0 Å². The Labute approximate surface area is 131 Å². The van der Waals surface area contributed by atoms with Crippen LogP contribution in [0.3, 0.4) is 0 Å². The molecule has 0 saturated carbocycles. The predicted octanol–water partition coefficient (Wildman–Crippen LogP) is 4.48. The summed E-state index contributed by atoms with van der Waals surface area (Å²) in [4.78, 5) is 11.8. The highest BCUT2D eigenvalue weighted by Gasteiger charge is 2.67. The topological polar surface area (TPSA) is 26.3 Å². The molecule has 0 aliphatic carbocycles. The number of esters is 1. The van der Waals surface area contributed by atoms with Crippen molar-refractivity contribution in [3.8, 4) is 0 Å². The van der Waals surface area contributed by atoms with Gasteiger partial charge in [0, 0.05) is 11.5 Å². The van der Waals surface area contributed by atoms with Crippen molar-refractivity contribution in [1.82, 2.24) is 0 Å². The molecular formula is C18H15F3O2. The number of alkyl halides is 3. The molecule has 0 amide bonds. The molecule has 1 fully saturated rings. The van der Waals surface area contributed by atoms with Crippen molar-refractivity contribution in [3.05, 3.63) is 71.3 Å². The first-order valence-corrected chi connectivity index (χ1v) is 7.25. The summed E-state index contributed by atoms with van der Waals surface area (Å²) in [6, 6.07) is 14.2. The Morgan fingerprint density at radius 1 is 1.04 bits per heavy atom. The molecule has 0 N–H and O–H groups in total. The second-order valence-electron chi connectivity index (χ2n) is 5.74. The van der Waals surface area contributed by atoms with Crippen LogP contribution in [0.4, 0.5) is 13.2 Å². The van der Waals surface area contributed by atoms with Gasteiger partial charge in [-0.2, -0.15) is 13.2 Å². The number of carbonyl (C=O) groups excluding carboxylic acids is 1. The summed E-state index contributed by atoms with van der Waals surface area (Å²) < 4.78 is 47.0. The fraction of sp³-hybridized carbons (Fsp3) is 0.278. The van der Waals surface area contributed by atoms with Crippen LogP contribution < -0.4 is 0 Å². The van der Waals surface area contributed by atoms with Crippen LogP contribution in [0.15, 0.2) is 54.6 Å². The highest BCUT2D eigenvalue weighted by Crippen LogP contribution is 2.56. The van der Waals surface area contributed by atoms with E-state index in [0.717, 1.165) is 5.56 Å². The molecule has 1 saturated heterocycles. The maximum Gasteiger partial charge on any atom is 0.433 e. The molecule has 2 atom stereocenters. The minimum Gasteiger partial charge on any atom is -0.444 e. The molecule has 23 heavy (non-hydrogen) atoms. The van der Waals surface area contributed by atoms with Crippen LogP contribution in [-0.4, -0.2) is 12.1 Å². The first-order valence-electron chi connectivity index (χ1n) is 7.25. The molecule has 0 aromatic heterocycles. The first-order chi connectivity index (χ1) is 10.8. The number of halogens is 3. The van der Waals surface area contributed by atoms with Crippen LogP contribution in [0.25, 0.3) is 0 Å². The second-order valence-corrected chi connectivity index (χ2v) is 5.74. The van der Waals surface area contributed by atoms with Gasteiger partial charge in [-0.1, -0.05) is 60.2 Å². The van der Waals surface area contributed by atoms with E-state index in [1.807, 2.05) is 0 Å². The third kappa shape index (κ3) is 2.50. The van der Waals surface area contributed by atoms with E-state index >= 15 is 0 Å². The Morgan fingerprint density at radius 3 is 2.22 bits per heavy atom. The monoisotopic (exact) mass is 320 g/mol. The highest BCUT2D eigenvalue weighted by atomic mass is 19.4. The lowest BCUT2D eigenvalue weighted by Gasteiger charge is -2.36. The quantitative estimate of drug-likeness (QED) is 0.763. The van der Waals surface area contributed by atoms with Crippen molar-refractivity contribution >= 4 is 5.97 Å². The van der Waals surface area contributed by atoms with Gasteiger partial charge in [0.25, 0.3) is 0 Å². The minimum atomic E-state index is -4.71. The van der Waals surface area contributed by atoms with Gasteiger partial charge in [0.1, 0.15) is 0 Å². The Bertz CT molecular complexity index is 707. The molecule has 2 unspecified atom stereocenters. The van der Waals surface area contributed by atoms with Crippen molar-refractivity contribution < 1.29 is 22.7 Å². The number of hydrogen-bond donors (Lipinski definition) is 0. The maximum absolute atomic E-state index is 14.0. The number of hydrogen-bond acceptors (Lipinski definition) is 2. The summed E-state index contributed by atoms with van der Waals surface area (Å²) in [6.45, 7) is 1.79. The van der Waals surface area contributed by atoms with Crippen LogP contribution in [0.5, 0.6) is 0 Å². The number of carbonyl (C=O) groups is 1. The SMILES string of the molecule is Cc1ccc(C2(C(F)(F)F)OC(=O)CC2c2ccccc2)cc1. The van der Waals surface area contributed by atoms with Gasteiger partial charge in [0.05, 0.1) is 6.42 Å². The summed E-state index contributed by atoms with van der Waals surface area (Å²) in [5.41, 5.74) is -1.41. The van der Waals surface area contributed by atoms with Crippen molar-refractivity contribution in [1.29, 1.82) is 0 Å². The zero-order chi connectivity index (χ0) is 16.7. The van der Waals surface area contributed by atoms with Gasteiger partial charge in [-0.15, -0.1) is 0 Å². The lowest BCUT2D eigenvalue weighted by Crippen LogP contribution is -2.46. The van der Waals surface area contributed by atoms with Gasteiger partial charge in [-0.05, 0) is 12.5 Å². The van der Waals surface area contributed by atoms with Gasteiger partial charge < -0.3 is 4.74 Å². The molecule has 3 rings (SSSR count). The summed E-state index contributed by atoms with van der Waals surface area (Å²) in [7, 11) is 0. The van der Waals surface area contributed by atoms with Gasteiger partial charge in [-0.3, -0.25) is 4.79 Å². The molecule has 0 spiro atoms. The van der Waals surface area contributed by atoms with Crippen LogP contribution in [-0.2, 0) is 15.1 Å².